The van der Waals surface area contributed by atoms with Crippen molar-refractivity contribution in [2.24, 2.45) is 0 Å². The molecule has 0 saturated carbocycles. The molecule has 7 nitrogen and oxygen atoms in total. The van der Waals surface area contributed by atoms with Gasteiger partial charge in [0.25, 0.3) is 5.91 Å². The molecule has 1 amide bonds. The fourth-order valence-electron chi connectivity index (χ4n) is 2.69. The number of hydrogen-bond donors (Lipinski definition) is 0. The van der Waals surface area contributed by atoms with Gasteiger partial charge in [0, 0.05) is 17.6 Å². The van der Waals surface area contributed by atoms with E-state index in [1.165, 1.54) is 4.90 Å². The van der Waals surface area contributed by atoms with Crippen LogP contribution in [0.15, 0.2) is 53.1 Å². The molecule has 1 unspecified atom stereocenters. The highest BCUT2D eigenvalue weighted by atomic mass is 35.5. The van der Waals surface area contributed by atoms with E-state index in [9.17, 15) is 4.79 Å². The number of amides is 1. The van der Waals surface area contributed by atoms with E-state index in [4.69, 9.17) is 25.6 Å². The van der Waals surface area contributed by atoms with Gasteiger partial charge in [-0.05, 0) is 55.0 Å². The topological polar surface area (TPSA) is 77.7 Å². The maximum Gasteiger partial charge on any atom is 0.263 e. The maximum absolute atomic E-state index is 12.8. The molecule has 1 atom stereocenters. The number of aromatic nitrogens is 2. The molecule has 1 aromatic heterocycles. The van der Waals surface area contributed by atoms with Crippen LogP contribution in [0.4, 0.5) is 0 Å². The Morgan fingerprint density at radius 3 is 2.41 bits per heavy atom. The van der Waals surface area contributed by atoms with Crippen molar-refractivity contribution in [1.82, 2.24) is 15.0 Å². The minimum absolute atomic E-state index is 0.172. The second-order valence-corrected chi connectivity index (χ2v) is 6.84. The van der Waals surface area contributed by atoms with E-state index in [0.717, 1.165) is 11.3 Å². The Bertz CT molecular complexity index is 941. The highest BCUT2D eigenvalue weighted by Crippen LogP contribution is 2.21. The van der Waals surface area contributed by atoms with E-state index in [1.54, 1.807) is 50.6 Å². The third kappa shape index (κ3) is 5.26. The van der Waals surface area contributed by atoms with E-state index in [-0.39, 0.29) is 12.5 Å². The molecule has 0 aliphatic carbocycles. The summed E-state index contributed by atoms with van der Waals surface area (Å²) in [6.07, 6.45) is -0.0956. The summed E-state index contributed by atoms with van der Waals surface area (Å²) in [6.45, 7) is 2.08. The molecule has 2 aromatic carbocycles. The lowest BCUT2D eigenvalue weighted by Gasteiger charge is -2.22. The van der Waals surface area contributed by atoms with Gasteiger partial charge in [0.15, 0.2) is 6.10 Å². The Morgan fingerprint density at radius 2 is 1.79 bits per heavy atom. The second kappa shape index (κ2) is 9.43. The van der Waals surface area contributed by atoms with Crippen molar-refractivity contribution >= 4 is 17.5 Å². The van der Waals surface area contributed by atoms with Crippen LogP contribution in [-0.4, -0.2) is 41.2 Å². The molecule has 0 bridgehead atoms. The Balaban J connectivity index is 1.63. The van der Waals surface area contributed by atoms with E-state index in [2.05, 4.69) is 10.1 Å². The molecule has 152 valence electrons. The number of methoxy groups -OCH3 is 1. The summed E-state index contributed by atoms with van der Waals surface area (Å²) in [5.41, 5.74) is 0.785. The molecule has 0 radical (unpaired) electrons. The van der Waals surface area contributed by atoms with Crippen LogP contribution in [0.2, 0.25) is 5.02 Å². The van der Waals surface area contributed by atoms with Gasteiger partial charge in [-0.3, -0.25) is 4.79 Å². The van der Waals surface area contributed by atoms with E-state index < -0.39 is 6.10 Å². The number of carbonyl (C=O) groups is 1. The quantitative estimate of drug-likeness (QED) is 0.548. The fraction of sp³-hybridized carbons (Fsp3) is 0.286. The van der Waals surface area contributed by atoms with Crippen LogP contribution < -0.4 is 9.47 Å². The van der Waals surface area contributed by atoms with Crippen LogP contribution in [0.3, 0.4) is 0 Å². The van der Waals surface area contributed by atoms with Crippen molar-refractivity contribution < 1.29 is 18.8 Å². The molecule has 3 rings (SSSR count). The standard InChI is InChI=1S/C21H22ClN3O4/c1-4-18(28-17-11-9-16(27-3)10-12-17)21(26)25(2)13-19-23-20(24-29-19)14-5-7-15(22)8-6-14/h5-12,18H,4,13H2,1-3H3. The van der Waals surface area contributed by atoms with Crippen LogP contribution >= 0.6 is 11.6 Å². The zero-order valence-electron chi connectivity index (χ0n) is 16.5. The van der Waals surface area contributed by atoms with Crippen molar-refractivity contribution in [2.45, 2.75) is 26.0 Å². The number of rotatable bonds is 8. The van der Waals surface area contributed by atoms with Crippen LogP contribution in [0, 0.1) is 0 Å². The van der Waals surface area contributed by atoms with Crippen LogP contribution in [0.25, 0.3) is 11.4 Å². The van der Waals surface area contributed by atoms with Gasteiger partial charge in [0.05, 0.1) is 13.7 Å². The third-order valence-electron chi connectivity index (χ3n) is 4.30. The van der Waals surface area contributed by atoms with Crippen molar-refractivity contribution in [3.63, 3.8) is 0 Å². The average Bonchev–Trinajstić information content (AvgIpc) is 3.20. The summed E-state index contributed by atoms with van der Waals surface area (Å²) in [7, 11) is 3.27. The van der Waals surface area contributed by atoms with Gasteiger partial charge in [-0.25, -0.2) is 0 Å². The zero-order valence-corrected chi connectivity index (χ0v) is 17.2. The minimum atomic E-state index is -0.618. The lowest BCUT2D eigenvalue weighted by atomic mass is 10.2. The van der Waals surface area contributed by atoms with E-state index >= 15 is 0 Å². The number of likely N-dealkylation sites (N-methyl/N-ethyl adjacent to an activating group) is 1. The predicted molar refractivity (Wildman–Crippen MR) is 109 cm³/mol. The number of ether oxygens (including phenoxy) is 2. The fourth-order valence-corrected chi connectivity index (χ4v) is 2.81. The van der Waals surface area contributed by atoms with Crippen LogP contribution in [0.5, 0.6) is 11.5 Å². The molecule has 0 saturated heterocycles. The summed E-state index contributed by atoms with van der Waals surface area (Å²) in [4.78, 5) is 18.7. The lowest BCUT2D eigenvalue weighted by Crippen LogP contribution is -2.39. The SMILES string of the molecule is CCC(Oc1ccc(OC)cc1)C(=O)N(C)Cc1nc(-c2ccc(Cl)cc2)no1. The summed E-state index contributed by atoms with van der Waals surface area (Å²) in [5.74, 6) is 1.93. The van der Waals surface area contributed by atoms with Gasteiger partial charge in [-0.1, -0.05) is 23.7 Å². The number of benzene rings is 2. The van der Waals surface area contributed by atoms with Gasteiger partial charge >= 0.3 is 0 Å². The van der Waals surface area contributed by atoms with Crippen molar-refractivity contribution in [3.8, 4) is 22.9 Å². The van der Waals surface area contributed by atoms with Crippen molar-refractivity contribution in [2.75, 3.05) is 14.2 Å². The Hall–Kier alpha value is -3.06. The molecular weight excluding hydrogens is 394 g/mol. The predicted octanol–water partition coefficient (Wildman–Crippen LogP) is 4.21. The molecular formula is C21H22ClN3O4. The smallest absolute Gasteiger partial charge is 0.263 e. The van der Waals surface area contributed by atoms with Gasteiger partial charge in [0.1, 0.15) is 11.5 Å². The molecule has 29 heavy (non-hydrogen) atoms. The third-order valence-corrected chi connectivity index (χ3v) is 4.56. The first kappa shape index (κ1) is 20.7. The first-order valence-electron chi connectivity index (χ1n) is 9.14. The number of carbonyl (C=O) groups excluding carboxylic acids is 1. The molecule has 0 aliphatic heterocycles. The Morgan fingerprint density at radius 1 is 1.14 bits per heavy atom. The monoisotopic (exact) mass is 415 g/mol. The van der Waals surface area contributed by atoms with Crippen LogP contribution in [-0.2, 0) is 11.3 Å². The highest BCUT2D eigenvalue weighted by Gasteiger charge is 2.24. The second-order valence-electron chi connectivity index (χ2n) is 6.40. The molecule has 0 spiro atoms. The Kier molecular flexibility index (Phi) is 6.72. The average molecular weight is 416 g/mol. The normalized spacial score (nSPS) is 11.7. The molecule has 0 N–H and O–H groups in total. The molecule has 0 aliphatic rings. The summed E-state index contributed by atoms with van der Waals surface area (Å²) >= 11 is 5.90. The van der Waals surface area contributed by atoms with E-state index in [0.29, 0.717) is 28.9 Å². The zero-order chi connectivity index (χ0) is 20.8. The van der Waals surface area contributed by atoms with Gasteiger partial charge in [0.2, 0.25) is 11.7 Å². The minimum Gasteiger partial charge on any atom is -0.497 e. The van der Waals surface area contributed by atoms with Gasteiger partial charge < -0.3 is 18.9 Å². The summed E-state index contributed by atoms with van der Waals surface area (Å²) in [6, 6.07) is 14.2. The maximum atomic E-state index is 12.8. The van der Waals surface area contributed by atoms with Crippen molar-refractivity contribution in [1.29, 1.82) is 0 Å². The Labute approximate surface area is 174 Å². The highest BCUT2D eigenvalue weighted by molar-refractivity contribution is 6.30. The number of hydrogen-bond acceptors (Lipinski definition) is 6. The first-order valence-corrected chi connectivity index (χ1v) is 9.52. The number of nitrogens with zero attached hydrogens (tertiary/aromatic N) is 3. The summed E-state index contributed by atoms with van der Waals surface area (Å²) in [5, 5.41) is 4.60. The van der Waals surface area contributed by atoms with Gasteiger partial charge in [-0.15, -0.1) is 0 Å². The molecule has 3 aromatic rings. The molecule has 0 fully saturated rings. The van der Waals surface area contributed by atoms with Crippen molar-refractivity contribution in [3.05, 3.63) is 59.4 Å². The first-order chi connectivity index (χ1) is 14.0. The van der Waals surface area contributed by atoms with Crippen LogP contribution in [0.1, 0.15) is 19.2 Å². The number of halogens is 1. The largest absolute Gasteiger partial charge is 0.497 e. The van der Waals surface area contributed by atoms with Gasteiger partial charge in [-0.2, -0.15) is 4.98 Å². The molecule has 8 heteroatoms. The summed E-state index contributed by atoms with van der Waals surface area (Å²) < 4.78 is 16.3. The lowest BCUT2D eigenvalue weighted by molar-refractivity contribution is -0.138. The van der Waals surface area contributed by atoms with E-state index in [1.807, 2.05) is 19.1 Å². The molecule has 1 heterocycles.